The summed E-state index contributed by atoms with van der Waals surface area (Å²) >= 11 is 0. The lowest BCUT2D eigenvalue weighted by molar-refractivity contribution is 0.593. The number of benzene rings is 3. The highest BCUT2D eigenvalue weighted by atomic mass is 32.2. The minimum absolute atomic E-state index is 0.358. The van der Waals surface area contributed by atoms with Gasteiger partial charge in [0.25, 0.3) is 10.0 Å². The van der Waals surface area contributed by atoms with Crippen molar-refractivity contribution in [1.82, 2.24) is 0 Å². The number of hydrogen-bond acceptors (Lipinski definition) is 2. The summed E-state index contributed by atoms with van der Waals surface area (Å²) in [6.07, 6.45) is 0. The van der Waals surface area contributed by atoms with E-state index >= 15 is 0 Å². The summed E-state index contributed by atoms with van der Waals surface area (Å²) < 4.78 is 27.2. The third kappa shape index (κ3) is 1.84. The number of nitrogens with zero attached hydrogens (tertiary/aromatic N) is 1. The molecule has 3 aromatic rings. The molecule has 0 aliphatic carbocycles. The van der Waals surface area contributed by atoms with Gasteiger partial charge in [0.05, 0.1) is 17.1 Å². The van der Waals surface area contributed by atoms with Gasteiger partial charge >= 0.3 is 0 Å². The molecular weight excluding hydrogens is 294 g/mol. The number of aryl methyl sites for hydroxylation is 1. The van der Waals surface area contributed by atoms with Gasteiger partial charge in [0.15, 0.2) is 0 Å². The molecule has 22 heavy (non-hydrogen) atoms. The Balaban J connectivity index is 1.88. The van der Waals surface area contributed by atoms with E-state index in [0.717, 1.165) is 22.0 Å². The number of anilines is 1. The van der Waals surface area contributed by atoms with Crippen molar-refractivity contribution >= 4 is 26.5 Å². The first kappa shape index (κ1) is 13.3. The normalized spacial score (nSPS) is 15.4. The van der Waals surface area contributed by atoms with E-state index in [0.29, 0.717) is 11.4 Å². The summed E-state index contributed by atoms with van der Waals surface area (Å²) in [4.78, 5) is 0.410. The summed E-state index contributed by atoms with van der Waals surface area (Å²) in [6, 6.07) is 19.2. The van der Waals surface area contributed by atoms with Crippen molar-refractivity contribution in [2.45, 2.75) is 18.4 Å². The molecule has 0 saturated carbocycles. The van der Waals surface area contributed by atoms with Gasteiger partial charge in [-0.15, -0.1) is 0 Å². The van der Waals surface area contributed by atoms with Gasteiger partial charge in [-0.3, -0.25) is 4.31 Å². The van der Waals surface area contributed by atoms with E-state index in [1.807, 2.05) is 55.5 Å². The van der Waals surface area contributed by atoms with E-state index in [9.17, 15) is 8.42 Å². The maximum absolute atomic E-state index is 12.9. The standard InChI is InChI=1S/C18H15NO2S/c1-13-8-10-14(11-9-13)12-19-16-6-2-4-15-5-3-7-17(18(15)16)22(19,20)21/h2-11H,12H2,1H3. The highest BCUT2D eigenvalue weighted by Gasteiger charge is 2.35. The molecule has 110 valence electrons. The van der Waals surface area contributed by atoms with Crippen LogP contribution >= 0.6 is 0 Å². The highest BCUT2D eigenvalue weighted by Crippen LogP contribution is 2.42. The predicted octanol–water partition coefficient (Wildman–Crippen LogP) is 3.86. The maximum Gasteiger partial charge on any atom is 0.265 e. The fraction of sp³-hybridized carbons (Fsp3) is 0.111. The van der Waals surface area contributed by atoms with Gasteiger partial charge in [-0.2, -0.15) is 0 Å². The van der Waals surface area contributed by atoms with Crippen LogP contribution in [0.1, 0.15) is 11.1 Å². The molecule has 4 heteroatoms. The van der Waals surface area contributed by atoms with Crippen LogP contribution in [-0.2, 0) is 16.6 Å². The molecular formula is C18H15NO2S. The van der Waals surface area contributed by atoms with Gasteiger partial charge in [0, 0.05) is 5.39 Å². The van der Waals surface area contributed by atoms with Crippen molar-refractivity contribution in [3.05, 3.63) is 71.8 Å². The van der Waals surface area contributed by atoms with Crippen LogP contribution in [0.25, 0.3) is 10.8 Å². The Labute approximate surface area is 129 Å². The largest absolute Gasteiger partial charge is 0.265 e. The van der Waals surface area contributed by atoms with E-state index in [1.54, 1.807) is 12.1 Å². The van der Waals surface area contributed by atoms with Gasteiger partial charge in [0.2, 0.25) is 0 Å². The molecule has 0 saturated heterocycles. The molecule has 0 fully saturated rings. The van der Waals surface area contributed by atoms with Gasteiger partial charge in [-0.1, -0.05) is 54.1 Å². The quantitative estimate of drug-likeness (QED) is 0.721. The number of sulfonamides is 1. The molecule has 1 aliphatic rings. The van der Waals surface area contributed by atoms with Crippen LogP contribution in [0.2, 0.25) is 0 Å². The molecule has 0 aromatic heterocycles. The molecule has 1 aliphatic heterocycles. The smallest absolute Gasteiger partial charge is 0.261 e. The van der Waals surface area contributed by atoms with Crippen LogP contribution < -0.4 is 4.31 Å². The summed E-state index contributed by atoms with van der Waals surface area (Å²) in [5.74, 6) is 0. The average Bonchev–Trinajstić information content (AvgIpc) is 2.73. The Morgan fingerprint density at radius 1 is 0.909 bits per heavy atom. The first-order valence-corrected chi connectivity index (χ1v) is 8.61. The van der Waals surface area contributed by atoms with Crippen molar-refractivity contribution in [2.24, 2.45) is 0 Å². The second-order valence-electron chi connectivity index (χ2n) is 5.63. The molecule has 1 heterocycles. The van der Waals surface area contributed by atoms with Gasteiger partial charge < -0.3 is 0 Å². The number of hydrogen-bond donors (Lipinski definition) is 0. The van der Waals surface area contributed by atoms with E-state index in [2.05, 4.69) is 0 Å². The minimum Gasteiger partial charge on any atom is -0.261 e. The van der Waals surface area contributed by atoms with Crippen LogP contribution in [0.5, 0.6) is 0 Å². The highest BCUT2D eigenvalue weighted by molar-refractivity contribution is 7.93. The van der Waals surface area contributed by atoms with Gasteiger partial charge in [-0.05, 0) is 30.0 Å². The molecule has 0 amide bonds. The topological polar surface area (TPSA) is 37.4 Å². The summed E-state index contributed by atoms with van der Waals surface area (Å²) in [5.41, 5.74) is 2.92. The molecule has 0 N–H and O–H groups in total. The Kier molecular flexibility index (Phi) is 2.78. The number of rotatable bonds is 2. The fourth-order valence-corrected chi connectivity index (χ4v) is 4.69. The lowest BCUT2D eigenvalue weighted by Gasteiger charge is -2.19. The van der Waals surface area contributed by atoms with Gasteiger partial charge in [0.1, 0.15) is 0 Å². The van der Waals surface area contributed by atoms with Crippen LogP contribution in [0.4, 0.5) is 5.69 Å². The van der Waals surface area contributed by atoms with Crippen LogP contribution in [0, 0.1) is 6.92 Å². The molecule has 0 spiro atoms. The molecule has 3 aromatic carbocycles. The van der Waals surface area contributed by atoms with Crippen LogP contribution in [-0.4, -0.2) is 8.42 Å². The first-order chi connectivity index (χ1) is 10.6. The van der Waals surface area contributed by atoms with Crippen molar-refractivity contribution < 1.29 is 8.42 Å². The minimum atomic E-state index is -3.47. The second kappa shape index (κ2) is 4.58. The Bertz CT molecular complexity index is 970. The average molecular weight is 309 g/mol. The maximum atomic E-state index is 12.9. The van der Waals surface area contributed by atoms with Crippen molar-refractivity contribution in [1.29, 1.82) is 0 Å². The molecule has 4 rings (SSSR count). The monoisotopic (exact) mass is 309 g/mol. The first-order valence-electron chi connectivity index (χ1n) is 7.17. The van der Waals surface area contributed by atoms with Crippen molar-refractivity contribution in [3.63, 3.8) is 0 Å². The van der Waals surface area contributed by atoms with E-state index in [4.69, 9.17) is 0 Å². The Hall–Kier alpha value is -2.33. The zero-order valence-electron chi connectivity index (χ0n) is 12.2. The third-order valence-electron chi connectivity index (χ3n) is 4.13. The fourth-order valence-electron chi connectivity index (χ4n) is 2.99. The van der Waals surface area contributed by atoms with E-state index < -0.39 is 10.0 Å². The predicted molar refractivity (Wildman–Crippen MR) is 88.5 cm³/mol. The van der Waals surface area contributed by atoms with Crippen molar-refractivity contribution in [2.75, 3.05) is 4.31 Å². The molecule has 0 bridgehead atoms. The zero-order valence-corrected chi connectivity index (χ0v) is 13.0. The zero-order chi connectivity index (χ0) is 15.3. The van der Waals surface area contributed by atoms with E-state index in [-0.39, 0.29) is 0 Å². The lowest BCUT2D eigenvalue weighted by Crippen LogP contribution is -2.26. The van der Waals surface area contributed by atoms with Gasteiger partial charge in [-0.25, -0.2) is 8.42 Å². The molecule has 0 unspecified atom stereocenters. The molecule has 0 atom stereocenters. The SMILES string of the molecule is Cc1ccc(CN2c3cccc4cccc(c34)S2(=O)=O)cc1. The van der Waals surface area contributed by atoms with E-state index in [1.165, 1.54) is 9.87 Å². The molecule has 3 nitrogen and oxygen atoms in total. The lowest BCUT2D eigenvalue weighted by atomic mass is 10.1. The molecule has 0 radical (unpaired) electrons. The van der Waals surface area contributed by atoms with Crippen molar-refractivity contribution in [3.8, 4) is 0 Å². The second-order valence-corrected chi connectivity index (χ2v) is 7.46. The third-order valence-corrected chi connectivity index (χ3v) is 5.93. The summed E-state index contributed by atoms with van der Waals surface area (Å²) in [5, 5.41) is 1.79. The Morgan fingerprint density at radius 2 is 1.59 bits per heavy atom. The van der Waals surface area contributed by atoms with Crippen LogP contribution in [0.15, 0.2) is 65.6 Å². The summed E-state index contributed by atoms with van der Waals surface area (Å²) in [6.45, 7) is 2.38. The Morgan fingerprint density at radius 3 is 2.32 bits per heavy atom. The summed E-state index contributed by atoms with van der Waals surface area (Å²) in [7, 11) is -3.47. The van der Waals surface area contributed by atoms with Crippen LogP contribution in [0.3, 0.4) is 0 Å².